The summed E-state index contributed by atoms with van der Waals surface area (Å²) in [6.45, 7) is 3.70. The lowest BCUT2D eigenvalue weighted by molar-refractivity contribution is 0.170. The topological polar surface area (TPSA) is 38.2 Å². The summed E-state index contributed by atoms with van der Waals surface area (Å²) in [6.07, 6.45) is 10.1. The molecule has 0 radical (unpaired) electrons. The molecule has 1 saturated heterocycles. The van der Waals surface area contributed by atoms with E-state index in [1.807, 2.05) is 6.07 Å². The zero-order chi connectivity index (χ0) is 20.9. The van der Waals surface area contributed by atoms with Crippen molar-refractivity contribution in [2.45, 2.75) is 31.8 Å². The molecule has 3 aliphatic carbocycles. The maximum Gasteiger partial charge on any atom is 0.233 e. The van der Waals surface area contributed by atoms with Gasteiger partial charge in [-0.25, -0.2) is 4.39 Å². The second-order valence-electron chi connectivity index (χ2n) is 9.87. The molecule has 4 aliphatic rings. The Morgan fingerprint density at radius 3 is 2.52 bits per heavy atom. The van der Waals surface area contributed by atoms with Crippen LogP contribution in [0.25, 0.3) is 11.3 Å². The third kappa shape index (κ3) is 3.87. The zero-order valence-electron chi connectivity index (χ0n) is 17.5. The van der Waals surface area contributed by atoms with Crippen LogP contribution in [0, 0.1) is 35.4 Å². The first-order valence-corrected chi connectivity index (χ1v) is 11.8. The van der Waals surface area contributed by atoms with Crippen molar-refractivity contribution in [3.63, 3.8) is 0 Å². The number of rotatable bonds is 5. The van der Waals surface area contributed by atoms with Crippen LogP contribution in [0.2, 0.25) is 5.02 Å². The molecule has 2 bridgehead atoms. The molecule has 0 spiro atoms. The van der Waals surface area contributed by atoms with Crippen LogP contribution in [-0.4, -0.2) is 40.8 Å². The van der Waals surface area contributed by atoms with Gasteiger partial charge in [-0.05, 0) is 79.5 Å². The fourth-order valence-corrected chi connectivity index (χ4v) is 6.63. The highest BCUT2D eigenvalue weighted by molar-refractivity contribution is 6.33. The minimum absolute atomic E-state index is 0.209. The first kappa shape index (κ1) is 19.7. The van der Waals surface area contributed by atoms with Crippen LogP contribution in [0.15, 0.2) is 42.5 Å². The Labute approximate surface area is 187 Å². The highest BCUT2D eigenvalue weighted by Crippen LogP contribution is 2.45. The SMILES string of the molecule is Fc1ccc(Cl)c(-c2ccc(O[C@@H]3C[C@@H]4CN(CC5CC6C=CC5C6)C[C@@H]4C3)nn2)c1. The predicted octanol–water partition coefficient (Wildman–Crippen LogP) is 5.24. The van der Waals surface area contributed by atoms with Gasteiger partial charge in [0.05, 0.1) is 10.7 Å². The lowest BCUT2D eigenvalue weighted by atomic mass is 9.93. The molecule has 1 aromatic heterocycles. The van der Waals surface area contributed by atoms with Gasteiger partial charge in [-0.2, -0.15) is 0 Å². The van der Waals surface area contributed by atoms with Gasteiger partial charge in [0.15, 0.2) is 0 Å². The summed E-state index contributed by atoms with van der Waals surface area (Å²) in [4.78, 5) is 2.71. The Morgan fingerprint density at radius 2 is 1.84 bits per heavy atom. The molecule has 3 unspecified atom stereocenters. The molecule has 6 atom stereocenters. The van der Waals surface area contributed by atoms with Crippen molar-refractivity contribution in [3.05, 3.63) is 53.3 Å². The predicted molar refractivity (Wildman–Crippen MR) is 118 cm³/mol. The molecular weight excluding hydrogens is 413 g/mol. The second kappa shape index (κ2) is 7.86. The van der Waals surface area contributed by atoms with E-state index in [-0.39, 0.29) is 11.9 Å². The van der Waals surface area contributed by atoms with E-state index in [2.05, 4.69) is 27.2 Å². The molecule has 1 aliphatic heterocycles. The molecule has 6 heteroatoms. The van der Waals surface area contributed by atoms with E-state index in [1.165, 1.54) is 50.7 Å². The number of ether oxygens (including phenoxy) is 1. The number of benzene rings is 1. The van der Waals surface area contributed by atoms with E-state index in [1.54, 1.807) is 6.07 Å². The van der Waals surface area contributed by atoms with Crippen molar-refractivity contribution in [3.8, 4) is 17.1 Å². The normalized spacial score (nSPS) is 33.9. The van der Waals surface area contributed by atoms with E-state index in [0.717, 1.165) is 42.4 Å². The molecule has 3 fully saturated rings. The Balaban J connectivity index is 1.03. The van der Waals surface area contributed by atoms with Gasteiger partial charge in [-0.1, -0.05) is 23.8 Å². The molecule has 2 aromatic rings. The van der Waals surface area contributed by atoms with E-state index in [4.69, 9.17) is 16.3 Å². The third-order valence-corrected chi connectivity index (χ3v) is 8.15. The van der Waals surface area contributed by atoms with Crippen molar-refractivity contribution in [2.24, 2.45) is 29.6 Å². The number of halogens is 2. The number of allylic oxidation sites excluding steroid dienone is 2. The fourth-order valence-electron chi connectivity index (χ4n) is 6.41. The second-order valence-corrected chi connectivity index (χ2v) is 10.3. The zero-order valence-corrected chi connectivity index (χ0v) is 18.2. The van der Waals surface area contributed by atoms with Crippen LogP contribution in [-0.2, 0) is 0 Å². The Kier molecular flexibility index (Phi) is 4.99. The third-order valence-electron chi connectivity index (χ3n) is 7.82. The van der Waals surface area contributed by atoms with Crippen molar-refractivity contribution >= 4 is 11.6 Å². The van der Waals surface area contributed by atoms with Gasteiger partial charge in [0.2, 0.25) is 5.88 Å². The quantitative estimate of drug-likeness (QED) is 0.597. The Bertz CT molecular complexity index is 983. The van der Waals surface area contributed by atoms with E-state index >= 15 is 0 Å². The summed E-state index contributed by atoms with van der Waals surface area (Å²) in [6, 6.07) is 7.86. The average molecular weight is 440 g/mol. The molecule has 6 rings (SSSR count). The van der Waals surface area contributed by atoms with Gasteiger partial charge >= 0.3 is 0 Å². The summed E-state index contributed by atoms with van der Waals surface area (Å²) in [5.74, 6) is 4.23. The van der Waals surface area contributed by atoms with Crippen molar-refractivity contribution in [2.75, 3.05) is 19.6 Å². The van der Waals surface area contributed by atoms with Crippen molar-refractivity contribution in [1.82, 2.24) is 15.1 Å². The number of hydrogen-bond donors (Lipinski definition) is 0. The first-order valence-electron chi connectivity index (χ1n) is 11.5. The first-order chi connectivity index (χ1) is 15.1. The van der Waals surface area contributed by atoms with Crippen LogP contribution in [0.4, 0.5) is 4.39 Å². The van der Waals surface area contributed by atoms with Gasteiger partial charge < -0.3 is 9.64 Å². The molecule has 2 heterocycles. The average Bonchev–Trinajstić information content (AvgIpc) is 3.52. The van der Waals surface area contributed by atoms with E-state index in [9.17, 15) is 4.39 Å². The van der Waals surface area contributed by atoms with Crippen LogP contribution in [0.1, 0.15) is 25.7 Å². The monoisotopic (exact) mass is 439 g/mol. The number of fused-ring (bicyclic) bond motifs is 3. The van der Waals surface area contributed by atoms with Crippen LogP contribution < -0.4 is 4.74 Å². The number of nitrogens with zero attached hydrogens (tertiary/aromatic N) is 3. The number of aromatic nitrogens is 2. The van der Waals surface area contributed by atoms with E-state index in [0.29, 0.717) is 22.2 Å². The van der Waals surface area contributed by atoms with E-state index < -0.39 is 0 Å². The fraction of sp³-hybridized carbons (Fsp3) is 0.520. The van der Waals surface area contributed by atoms with Crippen molar-refractivity contribution < 1.29 is 9.13 Å². The minimum atomic E-state index is -0.343. The van der Waals surface area contributed by atoms with Crippen LogP contribution in [0.5, 0.6) is 5.88 Å². The van der Waals surface area contributed by atoms with Gasteiger partial charge in [-0.15, -0.1) is 10.2 Å². The molecule has 2 saturated carbocycles. The van der Waals surface area contributed by atoms with Gasteiger partial charge in [-0.3, -0.25) is 0 Å². The molecule has 4 nitrogen and oxygen atoms in total. The molecule has 162 valence electrons. The summed E-state index contributed by atoms with van der Waals surface area (Å²) >= 11 is 6.17. The molecule has 1 aromatic carbocycles. The summed E-state index contributed by atoms with van der Waals surface area (Å²) < 4.78 is 19.7. The largest absolute Gasteiger partial charge is 0.473 e. The molecule has 0 amide bonds. The Morgan fingerprint density at radius 1 is 1.00 bits per heavy atom. The van der Waals surface area contributed by atoms with Crippen LogP contribution in [0.3, 0.4) is 0 Å². The molecule has 31 heavy (non-hydrogen) atoms. The summed E-state index contributed by atoms with van der Waals surface area (Å²) in [5.41, 5.74) is 1.09. The standard InChI is InChI=1S/C25H27ClFN3O/c26-23-4-3-20(27)11-22(23)24-5-6-25(29-28-24)31-21-9-18-13-30(14-19(18)10-21)12-17-8-15-1-2-16(17)7-15/h1-6,11,15-19,21H,7-10,12-14H2/t15?,16?,17?,18-,19+,21-. The lowest BCUT2D eigenvalue weighted by Crippen LogP contribution is -2.31. The van der Waals surface area contributed by atoms with Gasteiger partial charge in [0.1, 0.15) is 11.9 Å². The maximum atomic E-state index is 13.5. The number of likely N-dealkylation sites (tertiary alicyclic amines) is 1. The highest BCUT2D eigenvalue weighted by atomic mass is 35.5. The van der Waals surface area contributed by atoms with Gasteiger partial charge in [0, 0.05) is 31.3 Å². The molecular formula is C25H27ClFN3O. The maximum absolute atomic E-state index is 13.5. The van der Waals surface area contributed by atoms with Crippen molar-refractivity contribution in [1.29, 1.82) is 0 Å². The van der Waals surface area contributed by atoms with Crippen LogP contribution >= 0.6 is 11.6 Å². The summed E-state index contributed by atoms with van der Waals surface area (Å²) in [5, 5.41) is 8.89. The smallest absolute Gasteiger partial charge is 0.233 e. The summed E-state index contributed by atoms with van der Waals surface area (Å²) in [7, 11) is 0. The highest BCUT2D eigenvalue weighted by Gasteiger charge is 2.44. The minimum Gasteiger partial charge on any atom is -0.473 e. The Hall–Kier alpha value is -1.98. The van der Waals surface area contributed by atoms with Gasteiger partial charge in [0.25, 0.3) is 0 Å². The number of hydrogen-bond acceptors (Lipinski definition) is 4. The lowest BCUT2D eigenvalue weighted by Gasteiger charge is -2.26. The molecule has 0 N–H and O–H groups in total.